The van der Waals surface area contributed by atoms with Crippen molar-refractivity contribution >= 4 is 60.5 Å². The Labute approximate surface area is 372 Å². The third kappa shape index (κ3) is 6.61. The Morgan fingerprint density at radius 3 is 1.53 bits per heavy atom. The molecule has 2 heteroatoms. The Bertz CT molecular complexity index is 3630. The standard InChI is InChI=1S/C62H41NO/c1-4-14-42(15-5-1)44-24-26-47(27-25-44)56-38-39-59(61-57-22-12-13-23-60(57)64-62(56)61)63(52-35-37-55-50(40-52)29-28-46-20-10-11-21-53(46)55)51-33-30-48(31-34-51)58-41-49(43-16-6-2-7-17-43)32-36-54(58)45-18-8-3-9-19-45/h1-41H. The first kappa shape index (κ1) is 37.3. The van der Waals surface area contributed by atoms with Gasteiger partial charge in [0.1, 0.15) is 11.2 Å². The van der Waals surface area contributed by atoms with E-state index in [0.717, 1.165) is 55.7 Å². The van der Waals surface area contributed by atoms with E-state index in [0.29, 0.717) is 0 Å². The van der Waals surface area contributed by atoms with Crippen molar-refractivity contribution in [3.8, 4) is 55.6 Å². The largest absolute Gasteiger partial charge is 0.455 e. The molecule has 0 amide bonds. The van der Waals surface area contributed by atoms with Gasteiger partial charge in [0.05, 0.1) is 11.1 Å². The fourth-order valence-corrected chi connectivity index (χ4v) is 9.52. The van der Waals surface area contributed by atoms with Gasteiger partial charge in [-0.25, -0.2) is 0 Å². The number of nitrogens with zero attached hydrogens (tertiary/aromatic N) is 1. The summed E-state index contributed by atoms with van der Waals surface area (Å²) >= 11 is 0. The molecule has 1 aromatic heterocycles. The van der Waals surface area contributed by atoms with Crippen molar-refractivity contribution in [2.24, 2.45) is 0 Å². The van der Waals surface area contributed by atoms with Crippen LogP contribution in [0.2, 0.25) is 0 Å². The molecule has 2 nitrogen and oxygen atoms in total. The van der Waals surface area contributed by atoms with Crippen molar-refractivity contribution in [1.82, 2.24) is 0 Å². The van der Waals surface area contributed by atoms with Crippen molar-refractivity contribution in [3.05, 3.63) is 249 Å². The summed E-state index contributed by atoms with van der Waals surface area (Å²) in [6.07, 6.45) is 0. The van der Waals surface area contributed by atoms with Gasteiger partial charge < -0.3 is 9.32 Å². The van der Waals surface area contributed by atoms with E-state index in [-0.39, 0.29) is 0 Å². The van der Waals surface area contributed by atoms with Gasteiger partial charge in [-0.1, -0.05) is 200 Å². The van der Waals surface area contributed by atoms with Crippen LogP contribution in [-0.4, -0.2) is 0 Å². The van der Waals surface area contributed by atoms with E-state index in [1.807, 2.05) is 0 Å². The van der Waals surface area contributed by atoms with Crippen LogP contribution in [0.3, 0.4) is 0 Å². The third-order valence-electron chi connectivity index (χ3n) is 12.7. The summed E-state index contributed by atoms with van der Waals surface area (Å²) in [4.78, 5) is 2.41. The predicted molar refractivity (Wildman–Crippen MR) is 271 cm³/mol. The SMILES string of the molecule is c1ccc(-c2ccc(-c3ccc(N(c4ccc(-c5cc(-c6ccccc6)ccc5-c5ccccc5)cc4)c4ccc5c(ccc6ccccc65)c4)c4c3oc3ccccc34)cc2)cc1. The maximum absolute atomic E-state index is 6.89. The van der Waals surface area contributed by atoms with Gasteiger partial charge in [0.2, 0.25) is 0 Å². The number of hydrogen-bond acceptors (Lipinski definition) is 2. The molecule has 12 aromatic rings. The van der Waals surface area contributed by atoms with Crippen LogP contribution in [0.25, 0.3) is 99.1 Å². The van der Waals surface area contributed by atoms with E-state index < -0.39 is 0 Å². The Kier molecular flexibility index (Phi) is 9.20. The van der Waals surface area contributed by atoms with Gasteiger partial charge in [-0.3, -0.25) is 0 Å². The molecule has 11 aromatic carbocycles. The van der Waals surface area contributed by atoms with Crippen LogP contribution >= 0.6 is 0 Å². The molecule has 0 aliphatic carbocycles. The summed E-state index contributed by atoms with van der Waals surface area (Å²) in [5.74, 6) is 0. The van der Waals surface area contributed by atoms with Crippen LogP contribution in [0.4, 0.5) is 17.1 Å². The lowest BCUT2D eigenvalue weighted by Gasteiger charge is -2.27. The molecule has 0 bridgehead atoms. The normalized spacial score (nSPS) is 11.4. The number of hydrogen-bond donors (Lipinski definition) is 0. The third-order valence-corrected chi connectivity index (χ3v) is 12.7. The van der Waals surface area contributed by atoms with Crippen LogP contribution < -0.4 is 4.90 Å². The molecule has 0 saturated carbocycles. The predicted octanol–water partition coefficient (Wildman–Crippen LogP) is 17.7. The molecule has 12 rings (SSSR count). The fraction of sp³-hybridized carbons (Fsp3) is 0. The summed E-state index contributed by atoms with van der Waals surface area (Å²) < 4.78 is 6.89. The minimum absolute atomic E-state index is 0.860. The number of para-hydroxylation sites is 1. The zero-order valence-corrected chi connectivity index (χ0v) is 35.0. The average molecular weight is 816 g/mol. The summed E-state index contributed by atoms with van der Waals surface area (Å²) in [6.45, 7) is 0. The molecule has 0 aliphatic rings. The fourth-order valence-electron chi connectivity index (χ4n) is 9.52. The molecule has 0 unspecified atom stereocenters. The molecule has 1 heterocycles. The molecule has 0 N–H and O–H groups in total. The topological polar surface area (TPSA) is 16.4 Å². The minimum atomic E-state index is 0.860. The maximum atomic E-state index is 6.89. The molecule has 0 aliphatic heterocycles. The Hall–Kier alpha value is -8.46. The molecule has 300 valence electrons. The van der Waals surface area contributed by atoms with Gasteiger partial charge in [0, 0.05) is 22.3 Å². The van der Waals surface area contributed by atoms with Crippen molar-refractivity contribution in [2.75, 3.05) is 4.90 Å². The lowest BCUT2D eigenvalue weighted by molar-refractivity contribution is 0.670. The van der Waals surface area contributed by atoms with Gasteiger partial charge in [-0.05, 0) is 120 Å². The molecule has 0 saturated heterocycles. The van der Waals surface area contributed by atoms with E-state index in [9.17, 15) is 0 Å². The smallest absolute Gasteiger partial charge is 0.145 e. The van der Waals surface area contributed by atoms with Gasteiger partial charge in [-0.15, -0.1) is 0 Å². The highest BCUT2D eigenvalue weighted by Gasteiger charge is 2.23. The first-order valence-corrected chi connectivity index (χ1v) is 21.9. The first-order chi connectivity index (χ1) is 31.7. The highest BCUT2D eigenvalue weighted by molar-refractivity contribution is 6.17. The number of benzene rings is 11. The van der Waals surface area contributed by atoms with Gasteiger partial charge >= 0.3 is 0 Å². The van der Waals surface area contributed by atoms with E-state index in [1.165, 1.54) is 60.5 Å². The second-order valence-corrected chi connectivity index (χ2v) is 16.4. The van der Waals surface area contributed by atoms with Gasteiger partial charge in [0.25, 0.3) is 0 Å². The zero-order valence-electron chi connectivity index (χ0n) is 35.0. The Morgan fingerprint density at radius 1 is 0.281 bits per heavy atom. The van der Waals surface area contributed by atoms with Crippen molar-refractivity contribution < 1.29 is 4.42 Å². The zero-order chi connectivity index (χ0) is 42.4. The number of anilines is 3. The monoisotopic (exact) mass is 815 g/mol. The van der Waals surface area contributed by atoms with Crippen LogP contribution in [0.15, 0.2) is 253 Å². The van der Waals surface area contributed by atoms with Crippen LogP contribution in [0.1, 0.15) is 0 Å². The average Bonchev–Trinajstić information content (AvgIpc) is 3.77. The molecule has 64 heavy (non-hydrogen) atoms. The van der Waals surface area contributed by atoms with Crippen LogP contribution in [-0.2, 0) is 0 Å². The lowest BCUT2D eigenvalue weighted by atomic mass is 9.91. The van der Waals surface area contributed by atoms with Crippen molar-refractivity contribution in [1.29, 1.82) is 0 Å². The van der Waals surface area contributed by atoms with E-state index in [1.54, 1.807) is 0 Å². The summed E-state index contributed by atoms with van der Waals surface area (Å²) in [5, 5.41) is 7.06. The highest BCUT2D eigenvalue weighted by Crippen LogP contribution is 2.47. The quantitative estimate of drug-likeness (QED) is 0.142. The summed E-state index contributed by atoms with van der Waals surface area (Å²) in [7, 11) is 0. The Morgan fingerprint density at radius 2 is 0.781 bits per heavy atom. The van der Waals surface area contributed by atoms with E-state index >= 15 is 0 Å². The van der Waals surface area contributed by atoms with Gasteiger partial charge in [0.15, 0.2) is 0 Å². The van der Waals surface area contributed by atoms with Crippen LogP contribution in [0.5, 0.6) is 0 Å². The second kappa shape index (κ2) is 15.8. The van der Waals surface area contributed by atoms with Crippen molar-refractivity contribution in [2.45, 2.75) is 0 Å². The minimum Gasteiger partial charge on any atom is -0.455 e. The van der Waals surface area contributed by atoms with E-state index in [4.69, 9.17) is 4.42 Å². The molecular weight excluding hydrogens is 775 g/mol. The van der Waals surface area contributed by atoms with Crippen molar-refractivity contribution in [3.63, 3.8) is 0 Å². The van der Waals surface area contributed by atoms with Crippen LogP contribution in [0, 0.1) is 0 Å². The maximum Gasteiger partial charge on any atom is 0.145 e. The first-order valence-electron chi connectivity index (χ1n) is 21.9. The molecule has 0 fully saturated rings. The summed E-state index contributed by atoms with van der Waals surface area (Å²) in [5.41, 5.74) is 16.6. The van der Waals surface area contributed by atoms with Gasteiger partial charge in [-0.2, -0.15) is 0 Å². The second-order valence-electron chi connectivity index (χ2n) is 16.4. The Balaban J connectivity index is 1.05. The highest BCUT2D eigenvalue weighted by atomic mass is 16.3. The molecular formula is C62H41NO. The number of rotatable bonds is 8. The number of fused-ring (bicyclic) bond motifs is 6. The lowest BCUT2D eigenvalue weighted by Crippen LogP contribution is -2.10. The number of furan rings is 1. The molecule has 0 radical (unpaired) electrons. The molecule has 0 spiro atoms. The molecule has 0 atom stereocenters. The summed E-state index contributed by atoms with van der Waals surface area (Å²) in [6, 6.07) is 89.6. The van der Waals surface area contributed by atoms with E-state index in [2.05, 4.69) is 254 Å².